The molecule has 1 amide bonds. The second kappa shape index (κ2) is 9.39. The number of rotatable bonds is 5. The highest BCUT2D eigenvalue weighted by Gasteiger charge is 2.21. The van der Waals surface area contributed by atoms with Crippen molar-refractivity contribution in [1.29, 1.82) is 0 Å². The molecule has 0 radical (unpaired) electrons. The van der Waals surface area contributed by atoms with Gasteiger partial charge in [-0.3, -0.25) is 4.79 Å². The summed E-state index contributed by atoms with van der Waals surface area (Å²) in [6.07, 6.45) is 1.61. The van der Waals surface area contributed by atoms with Gasteiger partial charge in [0.15, 0.2) is 5.96 Å². The van der Waals surface area contributed by atoms with Crippen LogP contribution in [0.25, 0.3) is 0 Å². The highest BCUT2D eigenvalue weighted by atomic mass is 35.5. The number of hydrogen-bond donors (Lipinski definition) is 1. The first kappa shape index (κ1) is 20.5. The average Bonchev–Trinajstić information content (AvgIpc) is 3.18. The molecular weight excluding hydrogens is 398 g/mol. The third kappa shape index (κ3) is 4.87. The van der Waals surface area contributed by atoms with E-state index in [0.29, 0.717) is 25.5 Å². The van der Waals surface area contributed by atoms with E-state index >= 15 is 0 Å². The maximum atomic E-state index is 12.0. The minimum absolute atomic E-state index is 0.242. The van der Waals surface area contributed by atoms with Crippen LogP contribution in [0.5, 0.6) is 0 Å². The zero-order valence-electron chi connectivity index (χ0n) is 17.1. The van der Waals surface area contributed by atoms with Crippen LogP contribution < -0.4 is 10.6 Å². The summed E-state index contributed by atoms with van der Waals surface area (Å²) in [4.78, 5) is 23.0. The molecule has 0 saturated carbocycles. The number of nitrogens with two attached hydrogens (primary N) is 1. The molecule has 0 unspecified atom stereocenters. The number of guanidine groups is 1. The summed E-state index contributed by atoms with van der Waals surface area (Å²) >= 11 is 5.99. The molecule has 0 spiro atoms. The van der Waals surface area contributed by atoms with Crippen LogP contribution in [0.15, 0.2) is 53.5 Å². The second-order valence-corrected chi connectivity index (χ2v) is 8.25. The Hall–Kier alpha value is -2.73. The Kier molecular flexibility index (Phi) is 6.43. The summed E-state index contributed by atoms with van der Waals surface area (Å²) in [5, 5.41) is 0.753. The third-order valence-corrected chi connectivity index (χ3v) is 6.11. The van der Waals surface area contributed by atoms with Gasteiger partial charge in [-0.1, -0.05) is 35.9 Å². The number of halogens is 1. The van der Waals surface area contributed by atoms with Gasteiger partial charge < -0.3 is 20.4 Å². The van der Waals surface area contributed by atoms with Gasteiger partial charge in [0.05, 0.1) is 6.54 Å². The number of amides is 1. The van der Waals surface area contributed by atoms with Crippen molar-refractivity contribution in [2.45, 2.75) is 25.9 Å². The maximum Gasteiger partial charge on any atom is 0.222 e. The highest BCUT2D eigenvalue weighted by molar-refractivity contribution is 6.30. The number of hydrogen-bond acceptors (Lipinski definition) is 3. The van der Waals surface area contributed by atoms with Crippen molar-refractivity contribution in [3.63, 3.8) is 0 Å². The average molecular weight is 426 g/mol. The van der Waals surface area contributed by atoms with Crippen molar-refractivity contribution in [3.8, 4) is 0 Å². The van der Waals surface area contributed by atoms with Gasteiger partial charge in [0.1, 0.15) is 0 Å². The predicted molar refractivity (Wildman–Crippen MR) is 122 cm³/mol. The molecule has 2 aliphatic rings. The molecule has 2 heterocycles. The minimum atomic E-state index is 0.242. The Morgan fingerprint density at radius 3 is 2.33 bits per heavy atom. The fourth-order valence-electron chi connectivity index (χ4n) is 4.05. The Morgan fingerprint density at radius 1 is 0.967 bits per heavy atom. The summed E-state index contributed by atoms with van der Waals surface area (Å²) in [7, 11) is 0. The minimum Gasteiger partial charge on any atom is -0.370 e. The molecular formula is C23H28ClN5O. The third-order valence-electron chi connectivity index (χ3n) is 5.86. The summed E-state index contributed by atoms with van der Waals surface area (Å²) in [5.41, 5.74) is 9.77. The molecule has 2 N–H and O–H groups in total. The fraction of sp³-hybridized carbons (Fsp3) is 0.391. The number of likely N-dealkylation sites (tertiary alicyclic amines) is 1. The van der Waals surface area contributed by atoms with Gasteiger partial charge in [-0.2, -0.15) is 0 Å². The zero-order valence-corrected chi connectivity index (χ0v) is 17.9. The number of benzene rings is 2. The van der Waals surface area contributed by atoms with Crippen molar-refractivity contribution in [2.75, 3.05) is 37.6 Å². The standard InChI is InChI=1S/C23H28ClN5O/c24-20-7-9-21(10-8-20)27-12-14-28(15-13-27)23(25)26-16-18-4-1-2-5-19(18)17-29-11-3-6-22(29)30/h1-2,4-5,7-10H,3,6,11-17H2,(H2,25,26). The fourth-order valence-corrected chi connectivity index (χ4v) is 4.18. The molecule has 0 aliphatic carbocycles. The zero-order chi connectivity index (χ0) is 20.9. The van der Waals surface area contributed by atoms with E-state index in [0.717, 1.165) is 55.3 Å². The molecule has 2 saturated heterocycles. The molecule has 7 heteroatoms. The van der Waals surface area contributed by atoms with Crippen LogP contribution in [-0.2, 0) is 17.9 Å². The van der Waals surface area contributed by atoms with Gasteiger partial charge in [0.25, 0.3) is 0 Å². The number of aliphatic imine (C=N–C) groups is 1. The number of carbonyl (C=O) groups is 1. The van der Waals surface area contributed by atoms with E-state index in [9.17, 15) is 4.79 Å². The largest absolute Gasteiger partial charge is 0.370 e. The monoisotopic (exact) mass is 425 g/mol. The van der Waals surface area contributed by atoms with Crippen LogP contribution in [0.2, 0.25) is 5.02 Å². The first-order valence-electron chi connectivity index (χ1n) is 10.5. The molecule has 2 aromatic carbocycles. The van der Waals surface area contributed by atoms with Crippen molar-refractivity contribution < 1.29 is 4.79 Å². The summed E-state index contributed by atoms with van der Waals surface area (Å²) in [6, 6.07) is 16.1. The van der Waals surface area contributed by atoms with Crippen molar-refractivity contribution >= 4 is 29.2 Å². The van der Waals surface area contributed by atoms with Crippen LogP contribution in [0, 0.1) is 0 Å². The quantitative estimate of drug-likeness (QED) is 0.590. The van der Waals surface area contributed by atoms with Gasteiger partial charge in [-0.05, 0) is 41.8 Å². The maximum absolute atomic E-state index is 12.0. The van der Waals surface area contributed by atoms with Crippen LogP contribution >= 0.6 is 11.6 Å². The van der Waals surface area contributed by atoms with Gasteiger partial charge in [0.2, 0.25) is 5.91 Å². The molecule has 2 aromatic rings. The molecule has 4 rings (SSSR count). The van der Waals surface area contributed by atoms with Crippen LogP contribution in [-0.4, -0.2) is 54.4 Å². The lowest BCUT2D eigenvalue weighted by atomic mass is 10.1. The molecule has 2 fully saturated rings. The van der Waals surface area contributed by atoms with E-state index < -0.39 is 0 Å². The van der Waals surface area contributed by atoms with Crippen molar-refractivity contribution in [1.82, 2.24) is 9.80 Å². The Balaban J connectivity index is 1.35. The lowest BCUT2D eigenvalue weighted by Gasteiger charge is -2.36. The van der Waals surface area contributed by atoms with E-state index in [4.69, 9.17) is 17.3 Å². The lowest BCUT2D eigenvalue weighted by Crippen LogP contribution is -2.51. The molecule has 0 atom stereocenters. The van der Waals surface area contributed by atoms with Gasteiger partial charge in [0, 0.05) is 56.4 Å². The van der Waals surface area contributed by atoms with Gasteiger partial charge >= 0.3 is 0 Å². The highest BCUT2D eigenvalue weighted by Crippen LogP contribution is 2.20. The first-order chi connectivity index (χ1) is 14.6. The summed E-state index contributed by atoms with van der Waals surface area (Å²) in [6.45, 7) is 5.49. The van der Waals surface area contributed by atoms with Crippen molar-refractivity contribution in [3.05, 3.63) is 64.7 Å². The number of carbonyl (C=O) groups excluding carboxylic acids is 1. The first-order valence-corrected chi connectivity index (χ1v) is 10.9. The Bertz CT molecular complexity index is 906. The van der Waals surface area contributed by atoms with E-state index in [-0.39, 0.29) is 5.91 Å². The lowest BCUT2D eigenvalue weighted by molar-refractivity contribution is -0.128. The normalized spacial score (nSPS) is 17.7. The van der Waals surface area contributed by atoms with Crippen LogP contribution in [0.1, 0.15) is 24.0 Å². The molecule has 2 aliphatic heterocycles. The van der Waals surface area contributed by atoms with Gasteiger partial charge in [-0.15, -0.1) is 0 Å². The van der Waals surface area contributed by atoms with Gasteiger partial charge in [-0.25, -0.2) is 4.99 Å². The molecule has 158 valence electrons. The SMILES string of the molecule is NC(=NCc1ccccc1CN1CCCC1=O)N1CCN(c2ccc(Cl)cc2)CC1. The van der Waals surface area contributed by atoms with Crippen molar-refractivity contribution in [2.24, 2.45) is 10.7 Å². The molecule has 0 bridgehead atoms. The Morgan fingerprint density at radius 2 is 1.67 bits per heavy atom. The molecule has 30 heavy (non-hydrogen) atoms. The number of nitrogens with zero attached hydrogens (tertiary/aromatic N) is 4. The van der Waals surface area contributed by atoms with Crippen LogP contribution in [0.4, 0.5) is 5.69 Å². The number of piperazine rings is 1. The van der Waals surface area contributed by atoms with E-state index in [1.165, 1.54) is 5.69 Å². The topological polar surface area (TPSA) is 65.2 Å². The molecule has 0 aromatic heterocycles. The predicted octanol–water partition coefficient (Wildman–Crippen LogP) is 3.10. The second-order valence-electron chi connectivity index (χ2n) is 7.81. The summed E-state index contributed by atoms with van der Waals surface area (Å²) in [5.74, 6) is 0.823. The summed E-state index contributed by atoms with van der Waals surface area (Å²) < 4.78 is 0. The van der Waals surface area contributed by atoms with E-state index in [2.05, 4.69) is 39.1 Å². The van der Waals surface area contributed by atoms with Crippen LogP contribution in [0.3, 0.4) is 0 Å². The number of anilines is 1. The van der Waals surface area contributed by atoms with E-state index in [1.807, 2.05) is 29.2 Å². The molecule has 6 nitrogen and oxygen atoms in total. The smallest absolute Gasteiger partial charge is 0.222 e. The Labute approximate surface area is 182 Å². The van der Waals surface area contributed by atoms with E-state index in [1.54, 1.807) is 0 Å².